The first-order valence-corrected chi connectivity index (χ1v) is 8.61. The van der Waals surface area contributed by atoms with E-state index < -0.39 is 0 Å². The number of rotatable bonds is 4. The molecule has 0 aliphatic rings. The van der Waals surface area contributed by atoms with Gasteiger partial charge in [0.05, 0.1) is 6.42 Å². The Morgan fingerprint density at radius 1 is 0.958 bits per heavy atom. The van der Waals surface area contributed by atoms with Crippen LogP contribution < -0.4 is 4.72 Å². The second-order valence-electron chi connectivity index (χ2n) is 5.67. The Kier molecular flexibility index (Phi) is 3.97. The molecule has 0 radical (unpaired) electrons. The number of amides is 1. The van der Waals surface area contributed by atoms with Crippen LogP contribution in [-0.2, 0) is 11.2 Å². The van der Waals surface area contributed by atoms with Crippen molar-refractivity contribution >= 4 is 39.5 Å². The van der Waals surface area contributed by atoms with Gasteiger partial charge in [0.15, 0.2) is 0 Å². The Morgan fingerprint density at radius 2 is 1.75 bits per heavy atom. The lowest BCUT2D eigenvalue weighted by molar-refractivity contribution is -0.118. The van der Waals surface area contributed by atoms with Crippen molar-refractivity contribution in [3.63, 3.8) is 0 Å². The molecule has 118 valence electrons. The Labute approximate surface area is 144 Å². The van der Waals surface area contributed by atoms with Crippen LogP contribution in [0.25, 0.3) is 21.7 Å². The molecule has 0 fully saturated rings. The van der Waals surface area contributed by atoms with Gasteiger partial charge in [-0.15, -0.1) is 0 Å². The molecule has 1 amide bonds. The molecule has 3 nitrogen and oxygen atoms in total. The summed E-state index contributed by atoms with van der Waals surface area (Å²) in [5.41, 5.74) is 2.07. The zero-order valence-corrected chi connectivity index (χ0v) is 13.8. The van der Waals surface area contributed by atoms with Crippen molar-refractivity contribution in [2.45, 2.75) is 11.3 Å². The zero-order valence-electron chi connectivity index (χ0n) is 13.0. The molecule has 0 aliphatic heterocycles. The van der Waals surface area contributed by atoms with E-state index >= 15 is 0 Å². The number of aromatic amines is 1. The minimum atomic E-state index is -0.00193. The van der Waals surface area contributed by atoms with Crippen molar-refractivity contribution in [3.8, 4) is 0 Å². The molecule has 1 heterocycles. The number of carbonyl (C=O) groups is 1. The summed E-state index contributed by atoms with van der Waals surface area (Å²) in [5, 5.41) is 3.48. The van der Waals surface area contributed by atoms with E-state index in [0.29, 0.717) is 6.42 Å². The van der Waals surface area contributed by atoms with Gasteiger partial charge in [-0.25, -0.2) is 0 Å². The molecular weight excluding hydrogens is 316 g/mol. The van der Waals surface area contributed by atoms with Gasteiger partial charge in [-0.05, 0) is 46.5 Å². The van der Waals surface area contributed by atoms with Crippen molar-refractivity contribution in [1.82, 2.24) is 9.71 Å². The lowest BCUT2D eigenvalue weighted by Crippen LogP contribution is -2.17. The number of para-hydroxylation sites is 1. The van der Waals surface area contributed by atoms with Crippen LogP contribution in [0.15, 0.2) is 77.8 Å². The lowest BCUT2D eigenvalue weighted by atomic mass is 10.1. The van der Waals surface area contributed by atoms with Gasteiger partial charge in [-0.3, -0.25) is 9.52 Å². The predicted molar refractivity (Wildman–Crippen MR) is 100.0 cm³/mol. The summed E-state index contributed by atoms with van der Waals surface area (Å²) in [6, 6.07) is 22.4. The van der Waals surface area contributed by atoms with Crippen molar-refractivity contribution in [2.75, 3.05) is 0 Å². The first-order chi connectivity index (χ1) is 11.8. The number of hydrogen-bond acceptors (Lipinski definition) is 2. The third-order valence-electron chi connectivity index (χ3n) is 4.03. The molecule has 4 rings (SSSR count). The van der Waals surface area contributed by atoms with Gasteiger partial charge in [0.25, 0.3) is 0 Å². The number of fused-ring (bicyclic) bond motifs is 2. The molecular formula is C20H16N2OS. The number of aromatic nitrogens is 1. The first kappa shape index (κ1) is 14.8. The van der Waals surface area contributed by atoms with Crippen molar-refractivity contribution in [3.05, 3.63) is 78.5 Å². The van der Waals surface area contributed by atoms with Gasteiger partial charge in [0.1, 0.15) is 0 Å². The van der Waals surface area contributed by atoms with Gasteiger partial charge >= 0.3 is 0 Å². The van der Waals surface area contributed by atoms with Crippen LogP contribution in [0.2, 0.25) is 0 Å². The molecule has 0 spiro atoms. The van der Waals surface area contributed by atoms with Crippen molar-refractivity contribution < 1.29 is 4.79 Å². The van der Waals surface area contributed by atoms with E-state index in [-0.39, 0.29) is 5.91 Å². The van der Waals surface area contributed by atoms with Crippen LogP contribution in [0, 0.1) is 0 Å². The van der Waals surface area contributed by atoms with E-state index in [1.54, 1.807) is 0 Å². The molecule has 0 saturated carbocycles. The third-order valence-corrected chi connectivity index (χ3v) is 4.85. The molecule has 24 heavy (non-hydrogen) atoms. The second kappa shape index (κ2) is 6.42. The quantitative estimate of drug-likeness (QED) is 0.533. The van der Waals surface area contributed by atoms with Gasteiger partial charge in [-0.1, -0.05) is 48.5 Å². The topological polar surface area (TPSA) is 44.9 Å². The highest BCUT2D eigenvalue weighted by molar-refractivity contribution is 7.98. The van der Waals surface area contributed by atoms with Crippen LogP contribution in [0.1, 0.15) is 5.56 Å². The maximum Gasteiger partial charge on any atom is 0.234 e. The summed E-state index contributed by atoms with van der Waals surface area (Å²) >= 11 is 1.36. The van der Waals surface area contributed by atoms with E-state index in [9.17, 15) is 4.79 Å². The van der Waals surface area contributed by atoms with Gasteiger partial charge in [-0.2, -0.15) is 0 Å². The molecule has 2 N–H and O–H groups in total. The normalized spacial score (nSPS) is 11.0. The molecule has 0 unspecified atom stereocenters. The van der Waals surface area contributed by atoms with Crippen LogP contribution in [-0.4, -0.2) is 10.9 Å². The Balaban J connectivity index is 1.44. The van der Waals surface area contributed by atoms with E-state index in [2.05, 4.69) is 34.0 Å². The second-order valence-corrected chi connectivity index (χ2v) is 6.55. The highest BCUT2D eigenvalue weighted by Crippen LogP contribution is 2.22. The van der Waals surface area contributed by atoms with Crippen LogP contribution >= 0.6 is 11.9 Å². The molecule has 0 saturated heterocycles. The molecule has 4 heteroatoms. The molecule has 0 bridgehead atoms. The SMILES string of the molecule is O=C(Cc1c[nH]c2ccccc12)NSc1ccc2ccccc2c1. The molecule has 0 atom stereocenters. The van der Waals surface area contributed by atoms with Crippen molar-refractivity contribution in [1.29, 1.82) is 0 Å². The fourth-order valence-electron chi connectivity index (χ4n) is 2.83. The molecule has 0 aliphatic carbocycles. The number of hydrogen-bond donors (Lipinski definition) is 2. The van der Waals surface area contributed by atoms with E-state index in [0.717, 1.165) is 21.4 Å². The van der Waals surface area contributed by atoms with Crippen LogP contribution in [0.4, 0.5) is 0 Å². The fourth-order valence-corrected chi connectivity index (χ4v) is 3.46. The number of carbonyl (C=O) groups excluding carboxylic acids is 1. The van der Waals surface area contributed by atoms with E-state index in [4.69, 9.17) is 0 Å². The van der Waals surface area contributed by atoms with Crippen LogP contribution in [0.5, 0.6) is 0 Å². The highest BCUT2D eigenvalue weighted by atomic mass is 32.2. The van der Waals surface area contributed by atoms with E-state index in [1.165, 1.54) is 22.7 Å². The minimum absolute atomic E-state index is 0.00193. The summed E-state index contributed by atoms with van der Waals surface area (Å²) in [6.07, 6.45) is 2.27. The average molecular weight is 332 g/mol. The standard InChI is InChI=1S/C20H16N2OS/c23-20(12-16-13-21-19-8-4-3-7-18(16)19)22-24-17-10-9-14-5-1-2-6-15(14)11-17/h1-11,13,21H,12H2,(H,22,23). The summed E-state index contributed by atoms with van der Waals surface area (Å²) < 4.78 is 2.93. The van der Waals surface area contributed by atoms with Gasteiger partial charge < -0.3 is 4.98 Å². The zero-order chi connectivity index (χ0) is 16.4. The number of benzene rings is 3. The lowest BCUT2D eigenvalue weighted by Gasteiger charge is -2.05. The van der Waals surface area contributed by atoms with Gasteiger partial charge in [0, 0.05) is 22.0 Å². The smallest absolute Gasteiger partial charge is 0.234 e. The molecule has 1 aromatic heterocycles. The molecule has 4 aromatic rings. The maximum atomic E-state index is 12.2. The third kappa shape index (κ3) is 3.01. The molecule has 3 aromatic carbocycles. The van der Waals surface area contributed by atoms with Crippen LogP contribution in [0.3, 0.4) is 0 Å². The number of nitrogens with one attached hydrogen (secondary N) is 2. The largest absolute Gasteiger partial charge is 0.361 e. The van der Waals surface area contributed by atoms with E-state index in [1.807, 2.05) is 48.7 Å². The fraction of sp³-hybridized carbons (Fsp3) is 0.0500. The monoisotopic (exact) mass is 332 g/mol. The highest BCUT2D eigenvalue weighted by Gasteiger charge is 2.09. The van der Waals surface area contributed by atoms with Gasteiger partial charge in [0.2, 0.25) is 5.91 Å². The Morgan fingerprint density at radius 3 is 2.67 bits per heavy atom. The maximum absolute atomic E-state index is 12.2. The summed E-state index contributed by atoms with van der Waals surface area (Å²) in [5.74, 6) is -0.00193. The Bertz CT molecular complexity index is 1020. The Hall–Kier alpha value is -2.72. The summed E-state index contributed by atoms with van der Waals surface area (Å²) in [4.78, 5) is 16.5. The average Bonchev–Trinajstić information content (AvgIpc) is 3.03. The number of H-pyrrole nitrogens is 1. The summed E-state index contributed by atoms with van der Waals surface area (Å²) in [6.45, 7) is 0. The first-order valence-electron chi connectivity index (χ1n) is 7.79. The minimum Gasteiger partial charge on any atom is -0.361 e. The predicted octanol–water partition coefficient (Wildman–Crippen LogP) is 4.69. The summed E-state index contributed by atoms with van der Waals surface area (Å²) in [7, 11) is 0. The van der Waals surface area contributed by atoms with Crippen molar-refractivity contribution in [2.24, 2.45) is 0 Å².